The number of benzene rings is 2. The predicted octanol–water partition coefficient (Wildman–Crippen LogP) is 2.59. The van der Waals surface area contributed by atoms with Crippen molar-refractivity contribution in [3.63, 3.8) is 0 Å². The van der Waals surface area contributed by atoms with Crippen LogP contribution in [0.5, 0.6) is 0 Å². The first-order valence-corrected chi connectivity index (χ1v) is 6.83. The molecular formula is C18H14O4. The van der Waals surface area contributed by atoms with Gasteiger partial charge in [0.25, 0.3) is 0 Å². The van der Waals surface area contributed by atoms with E-state index < -0.39 is 17.5 Å². The standard InChI is InChI=1S/C18H14O4/c1-21-17(20)15-12-16(19)22-18(15,13-8-4-2-5-9-13)14-10-6-3-7-11-14/h2-12H,1H3. The van der Waals surface area contributed by atoms with Gasteiger partial charge in [-0.15, -0.1) is 0 Å². The summed E-state index contributed by atoms with van der Waals surface area (Å²) in [5.41, 5.74) is 0.303. The van der Waals surface area contributed by atoms with Gasteiger partial charge in [0, 0.05) is 17.2 Å². The fourth-order valence-corrected chi connectivity index (χ4v) is 2.71. The van der Waals surface area contributed by atoms with Crippen LogP contribution in [0.25, 0.3) is 0 Å². The van der Waals surface area contributed by atoms with Crippen molar-refractivity contribution in [3.05, 3.63) is 83.4 Å². The molecule has 0 fully saturated rings. The molecule has 0 unspecified atom stereocenters. The van der Waals surface area contributed by atoms with E-state index in [2.05, 4.69) is 0 Å². The minimum absolute atomic E-state index is 0.178. The number of ether oxygens (including phenoxy) is 2. The number of cyclic esters (lactones) is 1. The third kappa shape index (κ3) is 2.09. The predicted molar refractivity (Wildman–Crippen MR) is 79.9 cm³/mol. The van der Waals surface area contributed by atoms with Gasteiger partial charge in [-0.2, -0.15) is 0 Å². The van der Waals surface area contributed by atoms with Gasteiger partial charge in [0.05, 0.1) is 12.7 Å². The highest BCUT2D eigenvalue weighted by Gasteiger charge is 2.50. The zero-order valence-corrected chi connectivity index (χ0v) is 12.0. The molecule has 0 aliphatic carbocycles. The maximum Gasteiger partial charge on any atom is 0.338 e. The zero-order valence-electron chi connectivity index (χ0n) is 12.0. The monoisotopic (exact) mass is 294 g/mol. The summed E-state index contributed by atoms with van der Waals surface area (Å²) >= 11 is 0. The number of carbonyl (C=O) groups is 2. The highest BCUT2D eigenvalue weighted by Crippen LogP contribution is 2.44. The maximum absolute atomic E-state index is 12.2. The van der Waals surface area contributed by atoms with Gasteiger partial charge >= 0.3 is 11.9 Å². The summed E-state index contributed by atoms with van der Waals surface area (Å²) in [7, 11) is 1.28. The SMILES string of the molecule is COC(=O)C1=CC(=O)OC1(c1ccccc1)c1ccccc1. The van der Waals surface area contributed by atoms with E-state index in [4.69, 9.17) is 9.47 Å². The van der Waals surface area contributed by atoms with Crippen molar-refractivity contribution in [2.75, 3.05) is 7.11 Å². The average molecular weight is 294 g/mol. The second kappa shape index (κ2) is 5.48. The van der Waals surface area contributed by atoms with Gasteiger partial charge in [0.15, 0.2) is 5.60 Å². The Morgan fingerprint density at radius 2 is 1.45 bits per heavy atom. The van der Waals surface area contributed by atoms with Crippen molar-refractivity contribution in [1.29, 1.82) is 0 Å². The Hall–Kier alpha value is -2.88. The van der Waals surface area contributed by atoms with Crippen LogP contribution in [0.3, 0.4) is 0 Å². The van der Waals surface area contributed by atoms with E-state index in [1.54, 1.807) is 0 Å². The van der Waals surface area contributed by atoms with Gasteiger partial charge in [0.2, 0.25) is 0 Å². The molecule has 0 aromatic heterocycles. The van der Waals surface area contributed by atoms with Gasteiger partial charge < -0.3 is 9.47 Å². The Kier molecular flexibility index (Phi) is 3.51. The first kappa shape index (κ1) is 14.1. The van der Waals surface area contributed by atoms with Gasteiger partial charge in [-0.05, 0) is 0 Å². The zero-order chi connectivity index (χ0) is 15.6. The molecule has 22 heavy (non-hydrogen) atoms. The fraction of sp³-hybridized carbons (Fsp3) is 0.111. The molecule has 0 N–H and O–H groups in total. The minimum Gasteiger partial charge on any atom is -0.466 e. The Bertz CT molecular complexity index is 693. The fourth-order valence-electron chi connectivity index (χ4n) is 2.71. The van der Waals surface area contributed by atoms with Crippen LogP contribution in [0.4, 0.5) is 0 Å². The Labute approximate surface area is 128 Å². The van der Waals surface area contributed by atoms with Crippen molar-refractivity contribution in [2.45, 2.75) is 5.60 Å². The van der Waals surface area contributed by atoms with Crippen LogP contribution in [0.1, 0.15) is 11.1 Å². The molecule has 4 nitrogen and oxygen atoms in total. The Morgan fingerprint density at radius 1 is 0.955 bits per heavy atom. The number of esters is 2. The number of hydrogen-bond donors (Lipinski definition) is 0. The van der Waals surface area contributed by atoms with Crippen LogP contribution >= 0.6 is 0 Å². The molecule has 0 atom stereocenters. The van der Waals surface area contributed by atoms with Gasteiger partial charge in [-0.3, -0.25) is 0 Å². The van der Waals surface area contributed by atoms with Crippen LogP contribution in [-0.2, 0) is 24.7 Å². The lowest BCUT2D eigenvalue weighted by molar-refractivity contribution is -0.146. The molecule has 3 rings (SSSR count). The summed E-state index contributed by atoms with van der Waals surface area (Å²) in [6.45, 7) is 0. The molecule has 1 aliphatic rings. The summed E-state index contributed by atoms with van der Waals surface area (Å²) in [5, 5.41) is 0. The summed E-state index contributed by atoms with van der Waals surface area (Å²) < 4.78 is 10.5. The van der Waals surface area contributed by atoms with E-state index >= 15 is 0 Å². The summed E-state index contributed by atoms with van der Waals surface area (Å²) in [6, 6.07) is 18.3. The molecule has 0 spiro atoms. The molecule has 0 saturated heterocycles. The normalized spacial score (nSPS) is 15.9. The second-order valence-corrected chi connectivity index (χ2v) is 4.88. The van der Waals surface area contributed by atoms with E-state index in [0.29, 0.717) is 11.1 Å². The Morgan fingerprint density at radius 3 is 1.91 bits per heavy atom. The first-order valence-electron chi connectivity index (χ1n) is 6.83. The molecule has 110 valence electrons. The highest BCUT2D eigenvalue weighted by molar-refractivity contribution is 6.03. The largest absolute Gasteiger partial charge is 0.466 e. The quantitative estimate of drug-likeness (QED) is 0.816. The van der Waals surface area contributed by atoms with Crippen LogP contribution < -0.4 is 0 Å². The van der Waals surface area contributed by atoms with Crippen molar-refractivity contribution in [1.82, 2.24) is 0 Å². The third-order valence-corrected chi connectivity index (χ3v) is 3.66. The topological polar surface area (TPSA) is 52.6 Å². The Balaban J connectivity index is 2.28. The molecule has 2 aromatic carbocycles. The number of rotatable bonds is 3. The molecular weight excluding hydrogens is 280 g/mol. The molecule has 4 heteroatoms. The summed E-state index contributed by atoms with van der Waals surface area (Å²) in [6.07, 6.45) is 1.20. The van der Waals surface area contributed by atoms with Gasteiger partial charge in [0.1, 0.15) is 0 Å². The van der Waals surface area contributed by atoms with Crippen LogP contribution in [-0.4, -0.2) is 19.0 Å². The lowest BCUT2D eigenvalue weighted by Gasteiger charge is -2.31. The maximum atomic E-state index is 12.2. The summed E-state index contributed by atoms with van der Waals surface area (Å²) in [4.78, 5) is 24.1. The number of methoxy groups -OCH3 is 1. The van der Waals surface area contributed by atoms with Gasteiger partial charge in [-0.25, -0.2) is 9.59 Å². The molecule has 0 bridgehead atoms. The molecule has 1 heterocycles. The van der Waals surface area contributed by atoms with E-state index in [0.717, 1.165) is 0 Å². The lowest BCUT2D eigenvalue weighted by Crippen LogP contribution is -2.34. The third-order valence-electron chi connectivity index (χ3n) is 3.66. The second-order valence-electron chi connectivity index (χ2n) is 4.88. The van der Waals surface area contributed by atoms with Crippen LogP contribution in [0, 0.1) is 0 Å². The van der Waals surface area contributed by atoms with E-state index in [-0.39, 0.29) is 5.57 Å². The van der Waals surface area contributed by atoms with Gasteiger partial charge in [-0.1, -0.05) is 60.7 Å². The molecule has 0 amide bonds. The van der Waals surface area contributed by atoms with E-state index in [9.17, 15) is 9.59 Å². The van der Waals surface area contributed by atoms with Crippen LogP contribution in [0.2, 0.25) is 0 Å². The molecule has 1 aliphatic heterocycles. The first-order chi connectivity index (χ1) is 10.7. The van der Waals surface area contributed by atoms with Crippen molar-refractivity contribution < 1.29 is 19.1 Å². The molecule has 0 saturated carbocycles. The van der Waals surface area contributed by atoms with Crippen molar-refractivity contribution >= 4 is 11.9 Å². The van der Waals surface area contributed by atoms with Crippen molar-refractivity contribution in [3.8, 4) is 0 Å². The number of carbonyl (C=O) groups excluding carboxylic acids is 2. The highest BCUT2D eigenvalue weighted by atomic mass is 16.6. The molecule has 2 aromatic rings. The number of hydrogen-bond acceptors (Lipinski definition) is 4. The van der Waals surface area contributed by atoms with Crippen molar-refractivity contribution in [2.24, 2.45) is 0 Å². The van der Waals surface area contributed by atoms with E-state index in [1.165, 1.54) is 13.2 Å². The van der Waals surface area contributed by atoms with E-state index in [1.807, 2.05) is 60.7 Å². The molecule has 0 radical (unpaired) electrons. The smallest absolute Gasteiger partial charge is 0.338 e. The average Bonchev–Trinajstić information content (AvgIpc) is 2.94. The summed E-state index contributed by atoms with van der Waals surface area (Å²) in [5.74, 6) is -1.15. The van der Waals surface area contributed by atoms with Crippen LogP contribution in [0.15, 0.2) is 72.3 Å². The lowest BCUT2D eigenvalue weighted by atomic mass is 9.80. The minimum atomic E-state index is -1.27.